The van der Waals surface area contributed by atoms with Gasteiger partial charge in [-0.15, -0.1) is 10.2 Å². The van der Waals surface area contributed by atoms with E-state index >= 15 is 0 Å². The van der Waals surface area contributed by atoms with Gasteiger partial charge in [-0.05, 0) is 55.7 Å². The molecule has 1 aliphatic rings. The first-order valence-electron chi connectivity index (χ1n) is 10.1. The molecule has 4 rings (SSSR count). The zero-order valence-corrected chi connectivity index (χ0v) is 17.3. The molecule has 1 N–H and O–H groups in total. The van der Waals surface area contributed by atoms with Gasteiger partial charge in [0.2, 0.25) is 0 Å². The first kappa shape index (κ1) is 20.2. The quantitative estimate of drug-likeness (QED) is 0.617. The number of hydrogen-bond donors (Lipinski definition) is 1. The van der Waals surface area contributed by atoms with E-state index in [-0.39, 0.29) is 12.5 Å². The van der Waals surface area contributed by atoms with Crippen molar-refractivity contribution in [2.45, 2.75) is 19.3 Å². The molecule has 0 atom stereocenters. The molecule has 154 valence electrons. The molecular formula is C23H23ClN4O2. The van der Waals surface area contributed by atoms with Crippen LogP contribution >= 0.6 is 11.6 Å². The van der Waals surface area contributed by atoms with Crippen LogP contribution in [0.15, 0.2) is 60.7 Å². The lowest BCUT2D eigenvalue weighted by Crippen LogP contribution is -2.30. The first-order valence-corrected chi connectivity index (χ1v) is 10.4. The number of carbonyl (C=O) groups is 1. The average Bonchev–Trinajstić information content (AvgIpc) is 2.79. The summed E-state index contributed by atoms with van der Waals surface area (Å²) in [4.78, 5) is 14.5. The molecule has 1 amide bonds. The lowest BCUT2D eigenvalue weighted by atomic mass is 10.1. The number of carbonyl (C=O) groups excluding carboxylic acids is 1. The van der Waals surface area contributed by atoms with Crippen molar-refractivity contribution in [3.63, 3.8) is 0 Å². The maximum absolute atomic E-state index is 12.3. The number of hydrogen-bond acceptors (Lipinski definition) is 5. The van der Waals surface area contributed by atoms with Crippen molar-refractivity contribution in [1.82, 2.24) is 10.2 Å². The van der Waals surface area contributed by atoms with Gasteiger partial charge in [-0.1, -0.05) is 35.9 Å². The number of nitrogens with zero attached hydrogens (tertiary/aromatic N) is 3. The van der Waals surface area contributed by atoms with Crippen LogP contribution in [0.5, 0.6) is 5.75 Å². The van der Waals surface area contributed by atoms with Crippen molar-refractivity contribution >= 4 is 29.0 Å². The van der Waals surface area contributed by atoms with Crippen molar-refractivity contribution < 1.29 is 9.53 Å². The van der Waals surface area contributed by atoms with E-state index in [1.807, 2.05) is 42.5 Å². The zero-order chi connectivity index (χ0) is 20.8. The summed E-state index contributed by atoms with van der Waals surface area (Å²) in [6.45, 7) is 1.94. The van der Waals surface area contributed by atoms with Crippen molar-refractivity contribution in [3.8, 4) is 17.0 Å². The average molecular weight is 423 g/mol. The molecule has 1 saturated heterocycles. The normalized spacial score (nSPS) is 13.7. The summed E-state index contributed by atoms with van der Waals surface area (Å²) < 4.78 is 5.49. The minimum Gasteiger partial charge on any atom is -0.482 e. The van der Waals surface area contributed by atoms with Crippen LogP contribution in [0.3, 0.4) is 0 Å². The number of rotatable bonds is 6. The van der Waals surface area contributed by atoms with Crippen LogP contribution in [0.2, 0.25) is 5.02 Å². The van der Waals surface area contributed by atoms with Crippen LogP contribution in [0.4, 0.5) is 11.5 Å². The van der Waals surface area contributed by atoms with Crippen LogP contribution in [0.1, 0.15) is 19.3 Å². The van der Waals surface area contributed by atoms with E-state index in [1.54, 1.807) is 18.2 Å². The number of anilines is 2. The molecule has 2 aromatic carbocycles. The first-order chi connectivity index (χ1) is 14.7. The summed E-state index contributed by atoms with van der Waals surface area (Å²) in [6, 6.07) is 18.6. The number of piperidine rings is 1. The second-order valence-corrected chi connectivity index (χ2v) is 7.58. The Labute approximate surface area is 180 Å². The standard InChI is InChI=1S/C23H23ClN4O2/c24-19-9-2-3-10-21(19)30-16-23(29)25-18-8-6-7-17(15-18)20-11-12-22(27-26-20)28-13-4-1-5-14-28/h2-3,6-12,15H,1,4-5,13-14,16H2,(H,25,29). The van der Waals surface area contributed by atoms with Crippen molar-refractivity contribution in [1.29, 1.82) is 0 Å². The maximum atomic E-state index is 12.3. The zero-order valence-electron chi connectivity index (χ0n) is 16.6. The number of nitrogens with one attached hydrogen (secondary N) is 1. The largest absolute Gasteiger partial charge is 0.482 e. The van der Waals surface area contributed by atoms with Gasteiger partial charge in [-0.2, -0.15) is 0 Å². The van der Waals surface area contributed by atoms with Gasteiger partial charge in [0.25, 0.3) is 5.91 Å². The number of aromatic nitrogens is 2. The van der Waals surface area contributed by atoms with E-state index in [9.17, 15) is 4.79 Å². The van der Waals surface area contributed by atoms with E-state index in [2.05, 4.69) is 20.4 Å². The molecule has 1 fully saturated rings. The summed E-state index contributed by atoms with van der Waals surface area (Å²) in [6.07, 6.45) is 3.68. The summed E-state index contributed by atoms with van der Waals surface area (Å²) in [5, 5.41) is 12.1. The van der Waals surface area contributed by atoms with E-state index in [0.717, 1.165) is 30.2 Å². The predicted octanol–water partition coefficient (Wildman–Crippen LogP) is 4.80. The fraction of sp³-hybridized carbons (Fsp3) is 0.261. The minimum atomic E-state index is -0.265. The molecule has 0 aliphatic carbocycles. The van der Waals surface area contributed by atoms with Gasteiger partial charge in [-0.3, -0.25) is 4.79 Å². The van der Waals surface area contributed by atoms with Crippen molar-refractivity contribution in [2.24, 2.45) is 0 Å². The Bertz CT molecular complexity index is 1000. The Balaban J connectivity index is 1.38. The highest BCUT2D eigenvalue weighted by molar-refractivity contribution is 6.32. The van der Waals surface area contributed by atoms with E-state index < -0.39 is 0 Å². The molecular weight excluding hydrogens is 400 g/mol. The lowest BCUT2D eigenvalue weighted by Gasteiger charge is -2.27. The second kappa shape index (κ2) is 9.59. The molecule has 1 aromatic heterocycles. The Morgan fingerprint density at radius 1 is 1.00 bits per heavy atom. The summed E-state index contributed by atoms with van der Waals surface area (Å²) in [7, 11) is 0. The van der Waals surface area contributed by atoms with Crippen LogP contribution in [-0.4, -0.2) is 35.8 Å². The van der Waals surface area contributed by atoms with Gasteiger partial charge in [-0.25, -0.2) is 0 Å². The highest BCUT2D eigenvalue weighted by atomic mass is 35.5. The molecule has 6 nitrogen and oxygen atoms in total. The predicted molar refractivity (Wildman–Crippen MR) is 119 cm³/mol. The molecule has 3 aromatic rings. The summed E-state index contributed by atoms with van der Waals surface area (Å²) in [5.74, 6) is 1.13. The Hall–Kier alpha value is -3.12. The third kappa shape index (κ3) is 5.07. The third-order valence-corrected chi connectivity index (χ3v) is 5.28. The molecule has 0 unspecified atom stereocenters. The van der Waals surface area contributed by atoms with Crippen molar-refractivity contribution in [3.05, 3.63) is 65.7 Å². The molecule has 2 heterocycles. The van der Waals surface area contributed by atoms with Gasteiger partial charge in [0, 0.05) is 24.3 Å². The minimum absolute atomic E-state index is 0.127. The second-order valence-electron chi connectivity index (χ2n) is 7.17. The lowest BCUT2D eigenvalue weighted by molar-refractivity contribution is -0.118. The fourth-order valence-corrected chi connectivity index (χ4v) is 3.62. The van der Waals surface area contributed by atoms with Crippen molar-refractivity contribution in [2.75, 3.05) is 29.9 Å². The van der Waals surface area contributed by atoms with Crippen LogP contribution in [0, 0.1) is 0 Å². The number of amides is 1. The number of benzene rings is 2. The fourth-order valence-electron chi connectivity index (χ4n) is 3.43. The van der Waals surface area contributed by atoms with E-state index in [0.29, 0.717) is 16.5 Å². The molecule has 7 heteroatoms. The number of halogens is 1. The Morgan fingerprint density at radius 2 is 1.83 bits per heavy atom. The molecule has 0 bridgehead atoms. The van der Waals surface area contributed by atoms with E-state index in [4.69, 9.17) is 16.3 Å². The molecule has 1 aliphatic heterocycles. The van der Waals surface area contributed by atoms with E-state index in [1.165, 1.54) is 19.3 Å². The monoisotopic (exact) mass is 422 g/mol. The molecule has 0 spiro atoms. The summed E-state index contributed by atoms with van der Waals surface area (Å²) in [5.41, 5.74) is 2.32. The Morgan fingerprint density at radius 3 is 2.60 bits per heavy atom. The molecule has 0 radical (unpaired) electrons. The third-order valence-electron chi connectivity index (χ3n) is 4.97. The van der Waals surface area contributed by atoms with Gasteiger partial charge in [0.15, 0.2) is 12.4 Å². The SMILES string of the molecule is O=C(COc1ccccc1Cl)Nc1cccc(-c2ccc(N3CCCCC3)nn2)c1. The Kier molecular flexibility index (Phi) is 6.44. The smallest absolute Gasteiger partial charge is 0.262 e. The number of para-hydroxylation sites is 1. The van der Waals surface area contributed by atoms with Crippen LogP contribution in [-0.2, 0) is 4.79 Å². The molecule has 30 heavy (non-hydrogen) atoms. The van der Waals surface area contributed by atoms with Gasteiger partial charge >= 0.3 is 0 Å². The maximum Gasteiger partial charge on any atom is 0.262 e. The number of ether oxygens (including phenoxy) is 1. The highest BCUT2D eigenvalue weighted by Gasteiger charge is 2.13. The van der Waals surface area contributed by atoms with Gasteiger partial charge in [0.05, 0.1) is 10.7 Å². The van der Waals surface area contributed by atoms with Crippen LogP contribution < -0.4 is 15.0 Å². The summed E-state index contributed by atoms with van der Waals surface area (Å²) >= 11 is 6.04. The van der Waals surface area contributed by atoms with Gasteiger partial charge in [0.1, 0.15) is 5.75 Å². The molecule has 0 saturated carbocycles. The highest BCUT2D eigenvalue weighted by Crippen LogP contribution is 2.24. The topological polar surface area (TPSA) is 67.3 Å². The van der Waals surface area contributed by atoms with Gasteiger partial charge < -0.3 is 15.0 Å². The van der Waals surface area contributed by atoms with Crippen LogP contribution in [0.25, 0.3) is 11.3 Å².